The molecule has 0 radical (unpaired) electrons. The lowest BCUT2D eigenvalue weighted by Gasteiger charge is -2.44. The molecule has 0 amide bonds. The molecular weight excluding hydrogens is 200 g/mol. The van der Waals surface area contributed by atoms with Gasteiger partial charge in [0.2, 0.25) is 0 Å². The summed E-state index contributed by atoms with van der Waals surface area (Å²) in [6.45, 7) is 0.291. The average Bonchev–Trinajstić information content (AvgIpc) is 2.62. The highest BCUT2D eigenvalue weighted by Gasteiger charge is 2.59. The summed E-state index contributed by atoms with van der Waals surface area (Å²) in [5, 5.41) is 9.08. The van der Waals surface area contributed by atoms with Gasteiger partial charge in [-0.1, -0.05) is 0 Å². The molecule has 3 fully saturated rings. The lowest BCUT2D eigenvalue weighted by Crippen LogP contribution is -2.42. The minimum absolute atomic E-state index is 0.291. The van der Waals surface area contributed by atoms with Gasteiger partial charge in [-0.3, -0.25) is 0 Å². The van der Waals surface area contributed by atoms with Crippen LogP contribution in [0, 0.1) is 29.6 Å². The zero-order valence-corrected chi connectivity index (χ0v) is 8.91. The van der Waals surface area contributed by atoms with Crippen molar-refractivity contribution in [3.05, 3.63) is 0 Å². The first-order valence-electron chi connectivity index (χ1n) is 5.42. The summed E-state index contributed by atoms with van der Waals surface area (Å²) in [5.74, 6) is 3.44. The van der Waals surface area contributed by atoms with Crippen LogP contribution in [0.3, 0.4) is 0 Å². The third kappa shape index (κ3) is 1.10. The summed E-state index contributed by atoms with van der Waals surface area (Å²) in [5.41, 5.74) is 0. The van der Waals surface area contributed by atoms with Gasteiger partial charge in [0.15, 0.2) is 9.84 Å². The van der Waals surface area contributed by atoms with Crippen molar-refractivity contribution < 1.29 is 13.5 Å². The van der Waals surface area contributed by atoms with Crippen molar-refractivity contribution in [2.45, 2.75) is 12.8 Å². The highest BCUT2D eigenvalue weighted by Crippen LogP contribution is 2.60. The van der Waals surface area contributed by atoms with E-state index < -0.39 is 9.84 Å². The average molecular weight is 216 g/mol. The summed E-state index contributed by atoms with van der Waals surface area (Å²) >= 11 is 0. The standard InChI is InChI=1S/C10H16O3S/c11-3-6-1-7-8(2-6)10-5-14(12,13)4-9(7)10/h6-11H,1-5H2/t6?,7-,8+,9-,10+. The SMILES string of the molecule is O=S1(=O)C[C@@H]2[C@@H]3CC(CO)C[C@@H]3[C@@H]2C1. The molecule has 0 bridgehead atoms. The van der Waals surface area contributed by atoms with E-state index in [2.05, 4.69) is 0 Å². The van der Waals surface area contributed by atoms with Crippen LogP contribution in [0.5, 0.6) is 0 Å². The van der Waals surface area contributed by atoms with E-state index in [9.17, 15) is 8.42 Å². The van der Waals surface area contributed by atoms with Gasteiger partial charge in [-0.15, -0.1) is 0 Å². The van der Waals surface area contributed by atoms with Crippen molar-refractivity contribution in [3.8, 4) is 0 Å². The summed E-state index contributed by atoms with van der Waals surface area (Å²) < 4.78 is 22.8. The van der Waals surface area contributed by atoms with Crippen LogP contribution in [-0.2, 0) is 9.84 Å². The molecule has 3 rings (SSSR count). The first-order valence-corrected chi connectivity index (χ1v) is 7.24. The van der Waals surface area contributed by atoms with E-state index >= 15 is 0 Å². The van der Waals surface area contributed by atoms with E-state index in [1.165, 1.54) is 0 Å². The Hall–Kier alpha value is -0.0900. The summed E-state index contributed by atoms with van der Waals surface area (Å²) in [6, 6.07) is 0. The largest absolute Gasteiger partial charge is 0.396 e. The Morgan fingerprint density at radius 3 is 1.93 bits per heavy atom. The van der Waals surface area contributed by atoms with Crippen LogP contribution in [0.1, 0.15) is 12.8 Å². The Morgan fingerprint density at radius 1 is 1.00 bits per heavy atom. The molecule has 14 heavy (non-hydrogen) atoms. The molecule has 4 heteroatoms. The molecule has 1 heterocycles. The molecule has 0 spiro atoms. The van der Waals surface area contributed by atoms with Crippen LogP contribution in [0.4, 0.5) is 0 Å². The van der Waals surface area contributed by atoms with E-state index in [1.54, 1.807) is 0 Å². The number of aliphatic hydroxyl groups is 1. The summed E-state index contributed by atoms with van der Waals surface area (Å²) in [6.07, 6.45) is 2.13. The van der Waals surface area contributed by atoms with E-state index in [0.29, 0.717) is 47.7 Å². The van der Waals surface area contributed by atoms with Crippen molar-refractivity contribution in [3.63, 3.8) is 0 Å². The van der Waals surface area contributed by atoms with Gasteiger partial charge in [0.05, 0.1) is 11.5 Å². The maximum absolute atomic E-state index is 11.4. The number of fused-ring (bicyclic) bond motifs is 4. The quantitative estimate of drug-likeness (QED) is 0.685. The van der Waals surface area contributed by atoms with Crippen molar-refractivity contribution in [2.75, 3.05) is 18.1 Å². The molecule has 80 valence electrons. The number of sulfone groups is 1. The van der Waals surface area contributed by atoms with Crippen LogP contribution in [0.15, 0.2) is 0 Å². The third-order valence-electron chi connectivity index (χ3n) is 4.56. The topological polar surface area (TPSA) is 54.4 Å². The van der Waals surface area contributed by atoms with E-state index in [0.717, 1.165) is 12.8 Å². The van der Waals surface area contributed by atoms with Gasteiger partial charge in [-0.25, -0.2) is 8.42 Å². The predicted octanol–water partition coefficient (Wildman–Crippen LogP) is 0.295. The monoisotopic (exact) mass is 216 g/mol. The molecule has 1 unspecified atom stereocenters. The Balaban J connectivity index is 1.78. The smallest absolute Gasteiger partial charge is 0.150 e. The van der Waals surface area contributed by atoms with Crippen molar-refractivity contribution in [1.29, 1.82) is 0 Å². The molecule has 0 aromatic heterocycles. The molecule has 0 aromatic carbocycles. The van der Waals surface area contributed by atoms with Crippen molar-refractivity contribution in [1.82, 2.24) is 0 Å². The van der Waals surface area contributed by atoms with E-state index in [4.69, 9.17) is 5.11 Å². The Labute approximate surface area is 84.4 Å². The molecule has 2 saturated carbocycles. The Morgan fingerprint density at radius 2 is 1.50 bits per heavy atom. The van der Waals surface area contributed by atoms with Crippen LogP contribution in [-0.4, -0.2) is 31.6 Å². The second kappa shape index (κ2) is 2.73. The van der Waals surface area contributed by atoms with Gasteiger partial charge in [0, 0.05) is 6.61 Å². The van der Waals surface area contributed by atoms with Gasteiger partial charge in [0.25, 0.3) is 0 Å². The zero-order chi connectivity index (χ0) is 9.92. The van der Waals surface area contributed by atoms with Crippen molar-refractivity contribution >= 4 is 9.84 Å². The zero-order valence-electron chi connectivity index (χ0n) is 8.09. The summed E-state index contributed by atoms with van der Waals surface area (Å²) in [4.78, 5) is 0. The first kappa shape index (κ1) is 9.16. The molecule has 1 N–H and O–H groups in total. The summed E-state index contributed by atoms with van der Waals surface area (Å²) in [7, 11) is -2.71. The number of rotatable bonds is 1. The molecular formula is C10H16O3S. The fourth-order valence-corrected chi connectivity index (χ4v) is 6.29. The third-order valence-corrected chi connectivity index (χ3v) is 6.35. The van der Waals surface area contributed by atoms with Gasteiger partial charge >= 0.3 is 0 Å². The number of aliphatic hydroxyl groups excluding tert-OH is 1. The number of hydrogen-bond donors (Lipinski definition) is 1. The minimum Gasteiger partial charge on any atom is -0.396 e. The van der Waals surface area contributed by atoms with E-state index in [-0.39, 0.29) is 0 Å². The van der Waals surface area contributed by atoms with Crippen LogP contribution < -0.4 is 0 Å². The maximum Gasteiger partial charge on any atom is 0.150 e. The highest BCUT2D eigenvalue weighted by molar-refractivity contribution is 7.91. The highest BCUT2D eigenvalue weighted by atomic mass is 32.2. The minimum atomic E-state index is -2.71. The van der Waals surface area contributed by atoms with Crippen LogP contribution >= 0.6 is 0 Å². The molecule has 2 aliphatic carbocycles. The Kier molecular flexibility index (Phi) is 1.78. The Bertz CT molecular complexity index is 322. The normalized spacial score (nSPS) is 53.6. The van der Waals surface area contributed by atoms with Gasteiger partial charge in [-0.2, -0.15) is 0 Å². The molecule has 5 atom stereocenters. The lowest BCUT2D eigenvalue weighted by molar-refractivity contribution is 0.0462. The fourth-order valence-electron chi connectivity index (χ4n) is 3.99. The van der Waals surface area contributed by atoms with Crippen molar-refractivity contribution in [2.24, 2.45) is 29.6 Å². The molecule has 3 nitrogen and oxygen atoms in total. The fraction of sp³-hybridized carbons (Fsp3) is 1.00. The molecule has 1 saturated heterocycles. The molecule has 0 aromatic rings. The molecule has 3 aliphatic rings. The second-order valence-electron chi connectivity index (χ2n) is 5.25. The lowest BCUT2D eigenvalue weighted by atomic mass is 9.60. The maximum atomic E-state index is 11.4. The van der Waals surface area contributed by atoms with Gasteiger partial charge < -0.3 is 5.11 Å². The van der Waals surface area contributed by atoms with Gasteiger partial charge in [0.1, 0.15) is 0 Å². The van der Waals surface area contributed by atoms with Crippen LogP contribution in [0.2, 0.25) is 0 Å². The number of hydrogen-bond acceptors (Lipinski definition) is 3. The molecule has 1 aliphatic heterocycles. The van der Waals surface area contributed by atoms with E-state index in [1.807, 2.05) is 0 Å². The predicted molar refractivity (Wildman–Crippen MR) is 52.4 cm³/mol. The van der Waals surface area contributed by atoms with Gasteiger partial charge in [-0.05, 0) is 42.4 Å². The second-order valence-corrected chi connectivity index (χ2v) is 7.41. The van der Waals surface area contributed by atoms with Crippen LogP contribution in [0.25, 0.3) is 0 Å². The first-order chi connectivity index (χ1) is 6.61.